The van der Waals surface area contributed by atoms with Crippen LogP contribution in [0.15, 0.2) is 48.5 Å². The molecule has 2 rings (SSSR count). The molecular formula is C21H18FNO7. The zero-order valence-corrected chi connectivity index (χ0v) is 16.1. The molecule has 0 saturated heterocycles. The van der Waals surface area contributed by atoms with E-state index in [-0.39, 0.29) is 16.8 Å². The number of carbonyl (C=O) groups excluding carboxylic acids is 4. The normalized spacial score (nSPS) is 10.4. The maximum atomic E-state index is 13.1. The number of methoxy groups -OCH3 is 2. The summed E-state index contributed by atoms with van der Waals surface area (Å²) in [5.74, 6) is -3.45. The standard InChI is InChI=1S/C21H18FNO7/c1-28-20(26)14-7-8-16(21(27)29-2)17(11-14)23-18(24)12-30-19(25)9-6-13-4-3-5-15(22)10-13/h3-11H,12H2,1-2H3,(H,23,24)/b9-6+. The highest BCUT2D eigenvalue weighted by atomic mass is 19.1. The number of benzene rings is 2. The number of amides is 1. The average Bonchev–Trinajstić information content (AvgIpc) is 2.75. The third-order valence-electron chi connectivity index (χ3n) is 3.73. The molecule has 0 fully saturated rings. The summed E-state index contributed by atoms with van der Waals surface area (Å²) >= 11 is 0. The molecule has 9 heteroatoms. The second-order valence-electron chi connectivity index (χ2n) is 5.79. The summed E-state index contributed by atoms with van der Waals surface area (Å²) in [6.07, 6.45) is 2.37. The number of esters is 3. The van der Waals surface area contributed by atoms with Gasteiger partial charge in [-0.3, -0.25) is 4.79 Å². The van der Waals surface area contributed by atoms with Crippen LogP contribution >= 0.6 is 0 Å². The van der Waals surface area contributed by atoms with Gasteiger partial charge < -0.3 is 19.5 Å². The second-order valence-corrected chi connectivity index (χ2v) is 5.79. The van der Waals surface area contributed by atoms with Crippen molar-refractivity contribution < 1.29 is 37.8 Å². The lowest BCUT2D eigenvalue weighted by atomic mass is 10.1. The van der Waals surface area contributed by atoms with Gasteiger partial charge in [0.1, 0.15) is 5.82 Å². The summed E-state index contributed by atoms with van der Waals surface area (Å²) in [7, 11) is 2.35. The quantitative estimate of drug-likeness (QED) is 0.421. The number of carbonyl (C=O) groups is 4. The lowest BCUT2D eigenvalue weighted by Gasteiger charge is -2.11. The lowest BCUT2D eigenvalue weighted by molar-refractivity contribution is -0.142. The summed E-state index contributed by atoms with van der Waals surface area (Å²) in [6.45, 7) is -0.657. The van der Waals surface area contributed by atoms with E-state index in [9.17, 15) is 23.6 Å². The van der Waals surface area contributed by atoms with Crippen LogP contribution < -0.4 is 5.32 Å². The Kier molecular flexibility index (Phi) is 7.81. The highest BCUT2D eigenvalue weighted by Crippen LogP contribution is 2.20. The largest absolute Gasteiger partial charge is 0.465 e. The monoisotopic (exact) mass is 415 g/mol. The van der Waals surface area contributed by atoms with Crippen molar-refractivity contribution in [1.82, 2.24) is 0 Å². The van der Waals surface area contributed by atoms with Crippen molar-refractivity contribution in [3.8, 4) is 0 Å². The van der Waals surface area contributed by atoms with Gasteiger partial charge in [-0.2, -0.15) is 0 Å². The van der Waals surface area contributed by atoms with Crippen molar-refractivity contribution in [1.29, 1.82) is 0 Å². The first-order chi connectivity index (χ1) is 14.3. The first kappa shape index (κ1) is 22.3. The minimum atomic E-state index is -0.828. The maximum absolute atomic E-state index is 13.1. The third kappa shape index (κ3) is 6.26. The minimum Gasteiger partial charge on any atom is -0.465 e. The molecule has 8 nitrogen and oxygen atoms in total. The molecule has 0 aliphatic carbocycles. The Morgan fingerprint density at radius 2 is 1.73 bits per heavy atom. The van der Waals surface area contributed by atoms with E-state index in [1.54, 1.807) is 6.07 Å². The molecule has 0 aliphatic heterocycles. The molecule has 0 radical (unpaired) electrons. The van der Waals surface area contributed by atoms with E-state index in [1.807, 2.05) is 0 Å². The van der Waals surface area contributed by atoms with Crippen molar-refractivity contribution in [2.75, 3.05) is 26.1 Å². The van der Waals surface area contributed by atoms with Gasteiger partial charge in [0, 0.05) is 6.08 Å². The molecule has 1 N–H and O–H groups in total. The first-order valence-corrected chi connectivity index (χ1v) is 8.55. The molecule has 0 atom stereocenters. The Hall–Kier alpha value is -4.01. The molecule has 0 unspecified atom stereocenters. The molecule has 0 saturated carbocycles. The highest BCUT2D eigenvalue weighted by molar-refractivity contribution is 6.04. The Bertz CT molecular complexity index is 1000. The van der Waals surface area contributed by atoms with Crippen molar-refractivity contribution in [2.45, 2.75) is 0 Å². The SMILES string of the molecule is COC(=O)c1ccc(C(=O)OC)c(NC(=O)COC(=O)/C=C/c2cccc(F)c2)c1. The maximum Gasteiger partial charge on any atom is 0.339 e. The summed E-state index contributed by atoms with van der Waals surface area (Å²) < 4.78 is 27.2. The van der Waals surface area contributed by atoms with Crippen LogP contribution in [0.4, 0.5) is 10.1 Å². The van der Waals surface area contributed by atoms with E-state index in [4.69, 9.17) is 4.74 Å². The molecule has 0 heterocycles. The fourth-order valence-corrected chi connectivity index (χ4v) is 2.33. The first-order valence-electron chi connectivity index (χ1n) is 8.55. The van der Waals surface area contributed by atoms with E-state index in [2.05, 4.69) is 14.8 Å². The average molecular weight is 415 g/mol. The van der Waals surface area contributed by atoms with Crippen LogP contribution in [0, 0.1) is 5.82 Å². The van der Waals surface area contributed by atoms with E-state index in [1.165, 1.54) is 49.6 Å². The molecule has 1 amide bonds. The number of hydrogen-bond acceptors (Lipinski definition) is 7. The molecule has 0 aliphatic rings. The molecular weight excluding hydrogens is 397 g/mol. The number of nitrogens with one attached hydrogen (secondary N) is 1. The Morgan fingerprint density at radius 1 is 1.00 bits per heavy atom. The number of hydrogen-bond donors (Lipinski definition) is 1. The smallest absolute Gasteiger partial charge is 0.339 e. The second kappa shape index (κ2) is 10.5. The Balaban J connectivity index is 2.03. The van der Waals surface area contributed by atoms with Gasteiger partial charge in [0.25, 0.3) is 5.91 Å². The van der Waals surface area contributed by atoms with Crippen molar-refractivity contribution in [3.05, 3.63) is 71.0 Å². The van der Waals surface area contributed by atoms with Crippen molar-refractivity contribution in [3.63, 3.8) is 0 Å². The lowest BCUT2D eigenvalue weighted by Crippen LogP contribution is -2.22. The minimum absolute atomic E-state index is 0.00386. The van der Waals surface area contributed by atoms with Gasteiger partial charge in [0.05, 0.1) is 31.0 Å². The van der Waals surface area contributed by atoms with Gasteiger partial charge in [-0.15, -0.1) is 0 Å². The summed E-state index contributed by atoms with van der Waals surface area (Å²) in [4.78, 5) is 47.4. The molecule has 0 aromatic heterocycles. The van der Waals surface area contributed by atoms with Gasteiger partial charge >= 0.3 is 17.9 Å². The summed E-state index contributed by atoms with van der Waals surface area (Å²) in [5.41, 5.74) is 0.520. The molecule has 2 aromatic carbocycles. The fourth-order valence-electron chi connectivity index (χ4n) is 2.33. The van der Waals surface area contributed by atoms with Crippen molar-refractivity contribution in [2.24, 2.45) is 0 Å². The van der Waals surface area contributed by atoms with E-state index in [0.29, 0.717) is 5.56 Å². The number of ether oxygens (including phenoxy) is 3. The van der Waals surface area contributed by atoms with Gasteiger partial charge in [-0.1, -0.05) is 12.1 Å². The predicted molar refractivity (Wildman–Crippen MR) is 104 cm³/mol. The number of rotatable bonds is 7. The summed E-state index contributed by atoms with van der Waals surface area (Å²) in [5, 5.41) is 2.38. The Morgan fingerprint density at radius 3 is 2.40 bits per heavy atom. The van der Waals surface area contributed by atoms with E-state index < -0.39 is 36.2 Å². The third-order valence-corrected chi connectivity index (χ3v) is 3.73. The predicted octanol–water partition coefficient (Wildman–Crippen LogP) is 2.59. The highest BCUT2D eigenvalue weighted by Gasteiger charge is 2.17. The van der Waals surface area contributed by atoms with Crippen LogP contribution in [0.2, 0.25) is 0 Å². The zero-order chi connectivity index (χ0) is 22.1. The number of anilines is 1. The number of halogens is 1. The Labute approximate surface area is 171 Å². The fraction of sp³-hybridized carbons (Fsp3) is 0.143. The molecule has 2 aromatic rings. The van der Waals surface area contributed by atoms with Crippen LogP contribution in [-0.4, -0.2) is 44.6 Å². The van der Waals surface area contributed by atoms with Crippen LogP contribution in [0.3, 0.4) is 0 Å². The molecule has 0 spiro atoms. The molecule has 156 valence electrons. The van der Waals surface area contributed by atoms with Crippen LogP contribution in [0.5, 0.6) is 0 Å². The zero-order valence-electron chi connectivity index (χ0n) is 16.1. The van der Waals surface area contributed by atoms with E-state index >= 15 is 0 Å². The van der Waals surface area contributed by atoms with Gasteiger partial charge in [-0.05, 0) is 42.0 Å². The topological polar surface area (TPSA) is 108 Å². The van der Waals surface area contributed by atoms with Crippen LogP contribution in [0.1, 0.15) is 26.3 Å². The molecule has 30 heavy (non-hydrogen) atoms. The van der Waals surface area contributed by atoms with Crippen molar-refractivity contribution >= 4 is 35.6 Å². The molecule has 0 bridgehead atoms. The van der Waals surface area contributed by atoms with E-state index in [0.717, 1.165) is 13.2 Å². The van der Waals surface area contributed by atoms with Crippen LogP contribution in [0.25, 0.3) is 6.08 Å². The van der Waals surface area contributed by atoms with Gasteiger partial charge in [0.15, 0.2) is 6.61 Å². The summed E-state index contributed by atoms with van der Waals surface area (Å²) in [6, 6.07) is 9.42. The van der Waals surface area contributed by atoms with Gasteiger partial charge in [-0.25, -0.2) is 18.8 Å². The van der Waals surface area contributed by atoms with Gasteiger partial charge in [0.2, 0.25) is 0 Å². The van der Waals surface area contributed by atoms with Crippen LogP contribution in [-0.2, 0) is 23.8 Å².